The van der Waals surface area contributed by atoms with E-state index in [0.717, 1.165) is 83.6 Å². The lowest BCUT2D eigenvalue weighted by molar-refractivity contribution is 1.17. The standard InChI is InChI=1S/C50H30N4S.C49H29N3S/c1-2-11-36(12-3-1)50-53-43(33-20-18-32(19-21-33)41-30-51-29-37-13-5-6-14-38(37)41)28-44(54-50)34-22-24-35(25-23-34)46-47-39-15-7-4-10-31(39)26-27-42(47)52-48-40-16-8-9-17-45(40)55-49(46)48;1-2-12-34-30(11-1)23-27-40-47(34)46(49-48(50-40)38-16-6-10-20-45(38)53-49)31-21-24-32(25-22-31)51-43-19-9-5-15-37(43)39-29-33(26-28-44(39)51)52-41-17-7-3-13-35(41)36-14-4-8-18-42(36)52/h1-30H;1-29H. The predicted molar refractivity (Wildman–Crippen MR) is 456 cm³/mol. The molecule has 23 aromatic rings. The molecule has 8 aromatic heterocycles. The quantitative estimate of drug-likeness (QED) is 0.142. The summed E-state index contributed by atoms with van der Waals surface area (Å²) in [6, 6.07) is 124. The normalized spacial score (nSPS) is 11.9. The van der Waals surface area contributed by atoms with Gasteiger partial charge in [-0.15, -0.1) is 22.7 Å². The van der Waals surface area contributed by atoms with E-state index < -0.39 is 0 Å². The number of benzene rings is 15. The Morgan fingerprint density at radius 2 is 0.657 bits per heavy atom. The lowest BCUT2D eigenvalue weighted by Crippen LogP contribution is -1.96. The van der Waals surface area contributed by atoms with E-state index in [1.165, 1.54) is 128 Å². The van der Waals surface area contributed by atoms with Gasteiger partial charge in [-0.05, 0) is 122 Å². The van der Waals surface area contributed by atoms with Gasteiger partial charge in [-0.3, -0.25) is 4.98 Å². The van der Waals surface area contributed by atoms with Gasteiger partial charge in [0.1, 0.15) is 0 Å². The molecule has 0 radical (unpaired) electrons. The van der Waals surface area contributed by atoms with Crippen LogP contribution in [0.15, 0.2) is 358 Å². The van der Waals surface area contributed by atoms with Gasteiger partial charge in [0.05, 0.1) is 64.9 Å². The van der Waals surface area contributed by atoms with Gasteiger partial charge in [-0.25, -0.2) is 19.9 Å². The fourth-order valence-electron chi connectivity index (χ4n) is 16.7. The van der Waals surface area contributed by atoms with Crippen LogP contribution in [-0.4, -0.2) is 34.1 Å². The first-order valence-electron chi connectivity index (χ1n) is 36.4. The van der Waals surface area contributed by atoms with Gasteiger partial charge in [-0.1, -0.05) is 267 Å². The largest absolute Gasteiger partial charge is 0.309 e. The molecule has 0 unspecified atom stereocenters. The van der Waals surface area contributed by atoms with Crippen LogP contribution in [0.5, 0.6) is 0 Å². The molecular formula is C99H59N7S2. The van der Waals surface area contributed by atoms with Crippen LogP contribution in [0.4, 0.5) is 0 Å². The zero-order valence-electron chi connectivity index (χ0n) is 58.0. The first-order valence-corrected chi connectivity index (χ1v) is 38.1. The van der Waals surface area contributed by atoms with E-state index in [1.807, 2.05) is 53.3 Å². The van der Waals surface area contributed by atoms with E-state index in [9.17, 15) is 0 Å². The van der Waals surface area contributed by atoms with E-state index in [2.05, 4.69) is 342 Å². The Morgan fingerprint density at radius 3 is 1.20 bits per heavy atom. The molecule has 9 heteroatoms. The molecule has 0 saturated heterocycles. The number of rotatable bonds is 8. The molecule has 0 spiro atoms. The van der Waals surface area contributed by atoms with Crippen LogP contribution in [0.1, 0.15) is 0 Å². The Morgan fingerprint density at radius 1 is 0.250 bits per heavy atom. The van der Waals surface area contributed by atoms with Crippen LogP contribution < -0.4 is 0 Å². The first kappa shape index (κ1) is 61.6. The Bertz CT molecular complexity index is 7540. The second-order valence-corrected chi connectivity index (χ2v) is 29.9. The number of nitrogens with zero attached hydrogens (tertiary/aromatic N) is 7. The summed E-state index contributed by atoms with van der Waals surface area (Å²) >= 11 is 3.66. The highest BCUT2D eigenvalue weighted by Gasteiger charge is 2.23. The minimum absolute atomic E-state index is 0.693. The predicted octanol–water partition coefficient (Wildman–Crippen LogP) is 27.0. The smallest absolute Gasteiger partial charge is 0.160 e. The van der Waals surface area contributed by atoms with Crippen molar-refractivity contribution in [1.82, 2.24) is 34.1 Å². The Hall–Kier alpha value is -13.8. The highest BCUT2D eigenvalue weighted by Crippen LogP contribution is 2.48. The Balaban J connectivity index is 0.000000134. The highest BCUT2D eigenvalue weighted by molar-refractivity contribution is 7.26. The van der Waals surface area contributed by atoms with Gasteiger partial charge < -0.3 is 9.13 Å². The fourth-order valence-corrected chi connectivity index (χ4v) is 19.1. The van der Waals surface area contributed by atoms with Crippen LogP contribution in [0, 0.1) is 0 Å². The number of thiophene rings is 2. The van der Waals surface area contributed by atoms with Crippen molar-refractivity contribution >= 4 is 161 Å². The van der Waals surface area contributed by atoms with Crippen LogP contribution in [-0.2, 0) is 0 Å². The number of pyridine rings is 3. The minimum Gasteiger partial charge on any atom is -0.309 e. The molecule has 0 bridgehead atoms. The van der Waals surface area contributed by atoms with Gasteiger partial charge in [-0.2, -0.15) is 0 Å². The molecule has 0 aliphatic carbocycles. The molecule has 15 aromatic carbocycles. The maximum absolute atomic E-state index is 5.29. The lowest BCUT2D eigenvalue weighted by Gasteiger charge is -2.14. The SMILES string of the molecule is c1ccc(-c2nc(-c3ccc(-c4cncc5ccccc45)cc3)cc(-c3ccc(-c4c5sc6ccccc6c5nc5ccc6ccccc6c45)cc3)n2)cc1.c1ccc2c(c1)ccc1nc3c(sc4ccccc43)c(-c3ccc(-n4c5ccccc5c5cc(-n6c7ccccc7c7ccccc76)ccc54)cc3)c12. The van der Waals surface area contributed by atoms with Crippen molar-refractivity contribution in [3.05, 3.63) is 358 Å². The molecule has 23 rings (SSSR count). The van der Waals surface area contributed by atoms with Crippen molar-refractivity contribution in [2.45, 2.75) is 0 Å². The summed E-state index contributed by atoms with van der Waals surface area (Å²) in [4.78, 5) is 25.3. The van der Waals surface area contributed by atoms with Gasteiger partial charge in [0.25, 0.3) is 0 Å². The Labute approximate surface area is 627 Å². The van der Waals surface area contributed by atoms with Crippen molar-refractivity contribution in [2.75, 3.05) is 0 Å². The van der Waals surface area contributed by atoms with Crippen molar-refractivity contribution in [2.24, 2.45) is 0 Å². The Kier molecular flexibility index (Phi) is 14.2. The summed E-state index contributed by atoms with van der Waals surface area (Å²) in [5.41, 5.74) is 23.1. The third kappa shape index (κ3) is 9.97. The average Bonchev–Trinajstić information content (AvgIpc) is 1.48. The zero-order valence-corrected chi connectivity index (χ0v) is 59.6. The molecule has 0 N–H and O–H groups in total. The summed E-state index contributed by atoms with van der Waals surface area (Å²) in [7, 11) is 0. The van der Waals surface area contributed by atoms with Gasteiger partial charge in [0.2, 0.25) is 0 Å². The molecule has 0 aliphatic heterocycles. The molecule has 108 heavy (non-hydrogen) atoms. The topological polar surface area (TPSA) is 74.3 Å². The van der Waals surface area contributed by atoms with E-state index >= 15 is 0 Å². The minimum atomic E-state index is 0.693. The first-order chi connectivity index (χ1) is 53.5. The molecule has 7 nitrogen and oxygen atoms in total. The molecule has 0 saturated carbocycles. The molecule has 0 amide bonds. The van der Waals surface area contributed by atoms with Crippen LogP contribution >= 0.6 is 22.7 Å². The highest BCUT2D eigenvalue weighted by atomic mass is 32.1. The maximum atomic E-state index is 5.29. The number of hydrogen-bond acceptors (Lipinski definition) is 7. The third-order valence-corrected chi connectivity index (χ3v) is 24.0. The van der Waals surface area contributed by atoms with Crippen LogP contribution in [0.3, 0.4) is 0 Å². The maximum Gasteiger partial charge on any atom is 0.160 e. The summed E-state index contributed by atoms with van der Waals surface area (Å²) in [5, 5.41) is 17.0. The van der Waals surface area contributed by atoms with E-state index in [4.69, 9.17) is 19.9 Å². The summed E-state index contributed by atoms with van der Waals surface area (Å²) in [5.74, 6) is 0.693. The second-order valence-electron chi connectivity index (χ2n) is 27.7. The monoisotopic (exact) mass is 1410 g/mol. The molecule has 0 atom stereocenters. The van der Waals surface area contributed by atoms with E-state index in [0.29, 0.717) is 5.82 Å². The second kappa shape index (κ2) is 24.9. The number of aromatic nitrogens is 7. The third-order valence-electron chi connectivity index (χ3n) is 21.7. The molecule has 0 aliphatic rings. The average molecular weight is 1410 g/mol. The lowest BCUT2D eigenvalue weighted by atomic mass is 9.94. The fraction of sp³-hybridized carbons (Fsp3) is 0. The zero-order chi connectivity index (χ0) is 70.9. The molecule has 8 heterocycles. The van der Waals surface area contributed by atoms with Crippen LogP contribution in [0.25, 0.3) is 217 Å². The summed E-state index contributed by atoms with van der Waals surface area (Å²) < 4.78 is 9.76. The summed E-state index contributed by atoms with van der Waals surface area (Å²) in [6.45, 7) is 0. The van der Waals surface area contributed by atoms with Crippen molar-refractivity contribution in [3.63, 3.8) is 0 Å². The van der Waals surface area contributed by atoms with E-state index in [-0.39, 0.29) is 0 Å². The van der Waals surface area contributed by atoms with Crippen molar-refractivity contribution in [1.29, 1.82) is 0 Å². The molecule has 0 fully saturated rings. The number of hydrogen-bond donors (Lipinski definition) is 0. The van der Waals surface area contributed by atoms with Gasteiger partial charge in [0.15, 0.2) is 5.82 Å². The summed E-state index contributed by atoms with van der Waals surface area (Å²) in [6.07, 6.45) is 3.86. The molecule has 502 valence electrons. The van der Waals surface area contributed by atoms with Crippen molar-refractivity contribution < 1.29 is 0 Å². The van der Waals surface area contributed by atoms with E-state index in [1.54, 1.807) is 0 Å². The van der Waals surface area contributed by atoms with Crippen molar-refractivity contribution in [3.8, 4) is 78.7 Å². The number of fused-ring (bicyclic) bond motifs is 19. The van der Waals surface area contributed by atoms with Crippen LogP contribution in [0.2, 0.25) is 0 Å². The van der Waals surface area contributed by atoms with Gasteiger partial charge in [0, 0.05) is 115 Å². The number of para-hydroxylation sites is 3. The molecular weight excluding hydrogens is 1350 g/mol. The van der Waals surface area contributed by atoms with Gasteiger partial charge >= 0.3 is 0 Å².